The lowest BCUT2D eigenvalue weighted by Crippen LogP contribution is -2.05. The number of hydrogen-bond acceptors (Lipinski definition) is 3. The normalized spacial score (nSPS) is 12.9. The molecular weight excluding hydrogens is 238 g/mol. The monoisotopic (exact) mass is 255 g/mol. The predicted octanol–water partition coefficient (Wildman–Crippen LogP) is 3.18. The third-order valence-corrected chi connectivity index (χ3v) is 3.36. The van der Waals surface area contributed by atoms with Gasteiger partial charge in [-0.1, -0.05) is 13.3 Å². The van der Waals surface area contributed by atoms with Gasteiger partial charge in [0.15, 0.2) is 0 Å². The number of fused-ring (bicyclic) bond motifs is 1. The lowest BCUT2D eigenvalue weighted by Gasteiger charge is -2.10. The number of nitrogens with zero attached hydrogens (tertiary/aromatic N) is 4. The van der Waals surface area contributed by atoms with Crippen molar-refractivity contribution in [3.63, 3.8) is 0 Å². The van der Waals surface area contributed by atoms with Crippen LogP contribution >= 0.6 is 0 Å². The maximum Gasteiger partial charge on any atom is 0.141 e. The highest BCUT2D eigenvalue weighted by Gasteiger charge is 2.11. The zero-order valence-corrected chi connectivity index (χ0v) is 11.2. The van der Waals surface area contributed by atoms with Crippen LogP contribution in [-0.2, 0) is 0 Å². The molecule has 0 aliphatic carbocycles. The standard InChI is InChI=1S/C14H17N5/c1-3-4-10(2)19-8-6-12(18-19)13-11-5-7-15-14(11)17-9-16-13/h5-10H,3-4H2,1-2H3,(H,15,16,17). The third-order valence-electron chi connectivity index (χ3n) is 3.36. The predicted molar refractivity (Wildman–Crippen MR) is 74.7 cm³/mol. The van der Waals surface area contributed by atoms with Crippen molar-refractivity contribution in [3.8, 4) is 11.4 Å². The van der Waals surface area contributed by atoms with Crippen LogP contribution in [0.2, 0.25) is 0 Å². The van der Waals surface area contributed by atoms with Gasteiger partial charge in [-0.25, -0.2) is 9.97 Å². The number of nitrogens with one attached hydrogen (secondary N) is 1. The van der Waals surface area contributed by atoms with Crippen LogP contribution < -0.4 is 0 Å². The van der Waals surface area contributed by atoms with E-state index in [1.54, 1.807) is 6.33 Å². The van der Waals surface area contributed by atoms with Gasteiger partial charge in [-0.05, 0) is 25.5 Å². The second-order valence-corrected chi connectivity index (χ2v) is 4.78. The van der Waals surface area contributed by atoms with Gasteiger partial charge in [0, 0.05) is 23.8 Å². The summed E-state index contributed by atoms with van der Waals surface area (Å²) in [5.74, 6) is 0. The van der Waals surface area contributed by atoms with Crippen LogP contribution in [0.25, 0.3) is 22.4 Å². The summed E-state index contributed by atoms with van der Waals surface area (Å²) in [5.41, 5.74) is 2.63. The van der Waals surface area contributed by atoms with Crippen LogP contribution in [0.3, 0.4) is 0 Å². The Morgan fingerprint density at radius 1 is 1.32 bits per heavy atom. The second-order valence-electron chi connectivity index (χ2n) is 4.78. The largest absolute Gasteiger partial charge is 0.346 e. The molecule has 1 atom stereocenters. The molecule has 5 nitrogen and oxygen atoms in total. The molecule has 1 N–H and O–H groups in total. The molecule has 0 aliphatic rings. The molecule has 0 amide bonds. The zero-order chi connectivity index (χ0) is 13.2. The van der Waals surface area contributed by atoms with Gasteiger partial charge in [-0.2, -0.15) is 5.10 Å². The fraction of sp³-hybridized carbons (Fsp3) is 0.357. The van der Waals surface area contributed by atoms with Crippen LogP contribution in [-0.4, -0.2) is 24.7 Å². The van der Waals surface area contributed by atoms with Gasteiger partial charge >= 0.3 is 0 Å². The number of rotatable bonds is 4. The maximum atomic E-state index is 4.64. The highest BCUT2D eigenvalue weighted by molar-refractivity contribution is 5.89. The van der Waals surface area contributed by atoms with Crippen molar-refractivity contribution in [1.82, 2.24) is 24.7 Å². The van der Waals surface area contributed by atoms with Crippen molar-refractivity contribution < 1.29 is 0 Å². The SMILES string of the molecule is CCCC(C)n1ccc(-c2ncnc3[nH]ccc23)n1. The van der Waals surface area contributed by atoms with Crippen molar-refractivity contribution in [1.29, 1.82) is 0 Å². The minimum Gasteiger partial charge on any atom is -0.346 e. The minimum atomic E-state index is 0.419. The molecule has 3 aromatic heterocycles. The molecule has 0 saturated heterocycles. The Hall–Kier alpha value is -2.17. The Kier molecular flexibility index (Phi) is 3.03. The van der Waals surface area contributed by atoms with E-state index in [1.165, 1.54) is 0 Å². The Labute approximate surface area is 111 Å². The number of aromatic amines is 1. The maximum absolute atomic E-state index is 4.64. The number of aromatic nitrogens is 5. The van der Waals surface area contributed by atoms with Gasteiger partial charge in [-0.15, -0.1) is 0 Å². The van der Waals surface area contributed by atoms with E-state index in [-0.39, 0.29) is 0 Å². The fourth-order valence-corrected chi connectivity index (χ4v) is 2.34. The van der Waals surface area contributed by atoms with Crippen LogP contribution in [0.1, 0.15) is 32.7 Å². The molecule has 19 heavy (non-hydrogen) atoms. The van der Waals surface area contributed by atoms with E-state index < -0.39 is 0 Å². The molecule has 3 heterocycles. The summed E-state index contributed by atoms with van der Waals surface area (Å²) in [6.07, 6.45) is 7.76. The molecule has 98 valence electrons. The summed E-state index contributed by atoms with van der Waals surface area (Å²) >= 11 is 0. The van der Waals surface area contributed by atoms with E-state index in [4.69, 9.17) is 0 Å². The minimum absolute atomic E-state index is 0.419. The molecule has 0 radical (unpaired) electrons. The van der Waals surface area contributed by atoms with Crippen molar-refractivity contribution in [2.24, 2.45) is 0 Å². The van der Waals surface area contributed by atoms with Gasteiger partial charge < -0.3 is 4.98 Å². The lowest BCUT2D eigenvalue weighted by molar-refractivity contribution is 0.456. The van der Waals surface area contributed by atoms with Crippen molar-refractivity contribution >= 4 is 11.0 Å². The molecule has 0 aliphatic heterocycles. The van der Waals surface area contributed by atoms with Crippen LogP contribution in [0, 0.1) is 0 Å². The molecule has 0 spiro atoms. The first-order chi connectivity index (χ1) is 9.29. The zero-order valence-electron chi connectivity index (χ0n) is 11.2. The molecular formula is C14H17N5. The number of H-pyrrole nitrogens is 1. The van der Waals surface area contributed by atoms with Crippen LogP contribution in [0.15, 0.2) is 30.9 Å². The molecule has 0 bridgehead atoms. The molecule has 1 unspecified atom stereocenters. The quantitative estimate of drug-likeness (QED) is 0.779. The lowest BCUT2D eigenvalue weighted by atomic mass is 10.2. The smallest absolute Gasteiger partial charge is 0.141 e. The molecule has 0 aromatic carbocycles. The average Bonchev–Trinajstić information content (AvgIpc) is 3.07. The summed E-state index contributed by atoms with van der Waals surface area (Å²) < 4.78 is 2.01. The Morgan fingerprint density at radius 2 is 2.21 bits per heavy atom. The highest BCUT2D eigenvalue weighted by atomic mass is 15.3. The van der Waals surface area contributed by atoms with E-state index in [9.17, 15) is 0 Å². The Bertz CT molecular complexity index is 682. The Balaban J connectivity index is 2.00. The van der Waals surface area contributed by atoms with Crippen LogP contribution in [0.5, 0.6) is 0 Å². The first-order valence-corrected chi connectivity index (χ1v) is 6.63. The van der Waals surface area contributed by atoms with Gasteiger partial charge in [0.05, 0.1) is 0 Å². The molecule has 0 saturated carbocycles. The van der Waals surface area contributed by atoms with Gasteiger partial charge in [0.25, 0.3) is 0 Å². The van der Waals surface area contributed by atoms with Crippen molar-refractivity contribution in [2.45, 2.75) is 32.7 Å². The topological polar surface area (TPSA) is 59.4 Å². The summed E-state index contributed by atoms with van der Waals surface area (Å²) in [4.78, 5) is 11.7. The van der Waals surface area contributed by atoms with Crippen molar-refractivity contribution in [2.75, 3.05) is 0 Å². The van der Waals surface area contributed by atoms with Crippen molar-refractivity contribution in [3.05, 3.63) is 30.9 Å². The van der Waals surface area contributed by atoms with E-state index in [2.05, 4.69) is 33.9 Å². The molecule has 3 rings (SSSR count). The van der Waals surface area contributed by atoms with E-state index in [0.29, 0.717) is 6.04 Å². The summed E-state index contributed by atoms with van der Waals surface area (Å²) in [6, 6.07) is 4.42. The third kappa shape index (κ3) is 2.12. The van der Waals surface area contributed by atoms with E-state index in [1.807, 2.05) is 29.2 Å². The summed E-state index contributed by atoms with van der Waals surface area (Å²) in [6.45, 7) is 4.38. The second kappa shape index (κ2) is 4.84. The first-order valence-electron chi connectivity index (χ1n) is 6.63. The first kappa shape index (κ1) is 11.9. The van der Waals surface area contributed by atoms with E-state index in [0.717, 1.165) is 35.3 Å². The molecule has 3 aromatic rings. The molecule has 0 fully saturated rings. The highest BCUT2D eigenvalue weighted by Crippen LogP contribution is 2.24. The van der Waals surface area contributed by atoms with Gasteiger partial charge in [0.2, 0.25) is 0 Å². The Morgan fingerprint density at radius 3 is 3.05 bits per heavy atom. The van der Waals surface area contributed by atoms with Gasteiger partial charge in [0.1, 0.15) is 23.4 Å². The summed E-state index contributed by atoms with van der Waals surface area (Å²) in [5, 5.41) is 5.65. The number of hydrogen-bond donors (Lipinski definition) is 1. The fourth-order valence-electron chi connectivity index (χ4n) is 2.34. The summed E-state index contributed by atoms with van der Waals surface area (Å²) in [7, 11) is 0. The van der Waals surface area contributed by atoms with Crippen LogP contribution in [0.4, 0.5) is 0 Å². The average molecular weight is 255 g/mol. The van der Waals surface area contributed by atoms with E-state index >= 15 is 0 Å². The molecule has 5 heteroatoms. The van der Waals surface area contributed by atoms with Gasteiger partial charge in [-0.3, -0.25) is 4.68 Å².